The average molecular weight is 583 g/mol. The lowest BCUT2D eigenvalue weighted by Gasteiger charge is -2.30. The molecule has 0 aromatic heterocycles. The maximum atomic E-state index is 13.6. The van der Waals surface area contributed by atoms with Gasteiger partial charge in [0.05, 0.1) is 5.66 Å². The Morgan fingerprint density at radius 1 is 1.12 bits per heavy atom. The van der Waals surface area contributed by atoms with E-state index in [0.29, 0.717) is 51.5 Å². The van der Waals surface area contributed by atoms with Gasteiger partial charge in [-0.25, -0.2) is 9.52 Å². The van der Waals surface area contributed by atoms with Crippen molar-refractivity contribution in [2.75, 3.05) is 6.54 Å². The number of hydrogen-bond acceptors (Lipinski definition) is 8. The number of nitrogens with one attached hydrogen (secondary N) is 4. The van der Waals surface area contributed by atoms with Gasteiger partial charge in [-0.1, -0.05) is 25.0 Å². The molecule has 0 aromatic rings. The van der Waals surface area contributed by atoms with Gasteiger partial charge in [-0.2, -0.15) is 13.1 Å². The first kappa shape index (κ1) is 30.3. The van der Waals surface area contributed by atoms with Crippen molar-refractivity contribution in [2.24, 2.45) is 11.7 Å². The number of alkyl carbamates (subject to hydrolysis) is 1. The van der Waals surface area contributed by atoms with Crippen molar-refractivity contribution in [1.29, 1.82) is 0 Å². The van der Waals surface area contributed by atoms with E-state index in [2.05, 4.69) is 15.4 Å². The van der Waals surface area contributed by atoms with Gasteiger partial charge in [-0.3, -0.25) is 14.4 Å². The highest BCUT2D eigenvalue weighted by Crippen LogP contribution is 2.45. The van der Waals surface area contributed by atoms with Crippen LogP contribution in [0.3, 0.4) is 0 Å². The minimum absolute atomic E-state index is 0.230. The molecule has 2 aliphatic carbocycles. The molecular weight excluding hydrogens is 540 g/mol. The lowest BCUT2D eigenvalue weighted by atomic mass is 10.0. The number of nitrogens with two attached hydrogens (primary N) is 1. The van der Waals surface area contributed by atoms with Crippen LogP contribution in [0.25, 0.3) is 0 Å². The molecule has 1 saturated heterocycles. The topological polar surface area (TPSA) is 189 Å². The number of carbonyl (C=O) groups excluding carboxylic acids is 4. The van der Waals surface area contributed by atoms with Crippen molar-refractivity contribution < 1.29 is 32.3 Å². The van der Waals surface area contributed by atoms with Gasteiger partial charge in [-0.15, -0.1) is 0 Å². The molecule has 0 spiro atoms. The molecule has 13 nitrogen and oxygen atoms in total. The molecule has 2 saturated carbocycles. The lowest BCUT2D eigenvalue weighted by Crippen LogP contribution is -2.59. The summed E-state index contributed by atoms with van der Waals surface area (Å²) >= 11 is 0. The third-order valence-electron chi connectivity index (χ3n) is 7.68. The summed E-state index contributed by atoms with van der Waals surface area (Å²) in [6, 6.07) is -1.72. The van der Waals surface area contributed by atoms with Crippen LogP contribution in [0.4, 0.5) is 4.79 Å². The lowest BCUT2D eigenvalue weighted by molar-refractivity contribution is -0.141. The summed E-state index contributed by atoms with van der Waals surface area (Å²) in [5.74, 6) is -2.16. The molecule has 0 aromatic carbocycles. The zero-order chi connectivity index (χ0) is 29.3. The number of ether oxygens (including phenoxy) is 1. The van der Waals surface area contributed by atoms with Crippen LogP contribution in [-0.4, -0.2) is 72.6 Å². The highest BCUT2D eigenvalue weighted by Gasteiger charge is 2.61. The third-order valence-corrected chi connectivity index (χ3v) is 8.81. The Balaban J connectivity index is 1.53. The molecular formula is C26H42N6O7S. The van der Waals surface area contributed by atoms with E-state index in [0.717, 1.165) is 12.8 Å². The first-order valence-corrected chi connectivity index (χ1v) is 15.6. The van der Waals surface area contributed by atoms with E-state index < -0.39 is 62.9 Å². The molecule has 0 unspecified atom stereocenters. The van der Waals surface area contributed by atoms with Crippen molar-refractivity contribution >= 4 is 34.0 Å². The normalized spacial score (nSPS) is 31.4. The number of amides is 4. The summed E-state index contributed by atoms with van der Waals surface area (Å²) in [5.41, 5.74) is 2.60. The maximum Gasteiger partial charge on any atom is 0.408 e. The van der Waals surface area contributed by atoms with Gasteiger partial charge in [0.1, 0.15) is 23.2 Å². The number of fused-ring (bicyclic) bond motifs is 2. The Labute approximate surface area is 235 Å². The fraction of sp³-hybridized carbons (Fsp3) is 0.769. The molecule has 224 valence electrons. The standard InChI is InChI=1S/C26H42N6O7S/c1-24(2,3)39-23(36)28-18-11-8-6-4-5-7-10-17-16-26(17,22(35)30-40(37,38)31-25(27)13-14-25)29-20(33)19-12-9-15-32(19)21(18)34/h7,10,17-19,31H,4-6,8-9,11-16,27H2,1-3H3,(H,28,36)(H,29,33)(H,30,35)/b10-7-/t17-,18+,19+,26-/m1/s1. The first-order valence-electron chi connectivity index (χ1n) is 14.1. The molecule has 0 bridgehead atoms. The highest BCUT2D eigenvalue weighted by molar-refractivity contribution is 7.88. The zero-order valence-corrected chi connectivity index (χ0v) is 24.3. The number of carbonyl (C=O) groups is 4. The number of allylic oxidation sites excluding steroid dienone is 1. The van der Waals surface area contributed by atoms with Gasteiger partial charge in [0.15, 0.2) is 0 Å². The number of rotatable bonds is 5. The second-order valence-corrected chi connectivity index (χ2v) is 13.8. The molecule has 6 N–H and O–H groups in total. The fourth-order valence-corrected chi connectivity index (χ4v) is 6.50. The predicted octanol–water partition coefficient (Wildman–Crippen LogP) is 0.665. The fourth-order valence-electron chi connectivity index (χ4n) is 5.29. The number of hydrogen-bond donors (Lipinski definition) is 5. The van der Waals surface area contributed by atoms with Crippen LogP contribution in [0.2, 0.25) is 0 Å². The van der Waals surface area contributed by atoms with E-state index in [1.54, 1.807) is 20.8 Å². The van der Waals surface area contributed by atoms with Crippen molar-refractivity contribution in [2.45, 2.75) is 114 Å². The molecule has 0 radical (unpaired) electrons. The van der Waals surface area contributed by atoms with E-state index in [1.807, 2.05) is 16.9 Å². The van der Waals surface area contributed by atoms with Crippen molar-refractivity contribution in [1.82, 2.24) is 25.0 Å². The Kier molecular flexibility index (Phi) is 8.53. The Morgan fingerprint density at radius 3 is 2.52 bits per heavy atom. The first-order chi connectivity index (χ1) is 18.6. The Bertz CT molecular complexity index is 1160. The molecule has 4 rings (SSSR count). The maximum absolute atomic E-state index is 13.6. The van der Waals surface area contributed by atoms with Crippen molar-refractivity contribution in [3.63, 3.8) is 0 Å². The molecule has 3 fully saturated rings. The van der Waals surface area contributed by atoms with Crippen LogP contribution in [-0.2, 0) is 29.3 Å². The van der Waals surface area contributed by atoms with Crippen molar-refractivity contribution in [3.8, 4) is 0 Å². The van der Waals surface area contributed by atoms with Crippen LogP contribution >= 0.6 is 0 Å². The van der Waals surface area contributed by atoms with Crippen LogP contribution in [0.15, 0.2) is 12.2 Å². The molecule has 4 amide bonds. The summed E-state index contributed by atoms with van der Waals surface area (Å²) in [5, 5.41) is 5.48. The van der Waals surface area contributed by atoms with Crippen LogP contribution in [0, 0.1) is 5.92 Å². The van der Waals surface area contributed by atoms with Crippen molar-refractivity contribution in [3.05, 3.63) is 12.2 Å². The predicted molar refractivity (Wildman–Crippen MR) is 145 cm³/mol. The van der Waals surface area contributed by atoms with Gasteiger partial charge in [0.2, 0.25) is 11.8 Å². The summed E-state index contributed by atoms with van der Waals surface area (Å²) in [4.78, 5) is 54.4. The second-order valence-electron chi connectivity index (χ2n) is 12.4. The summed E-state index contributed by atoms with van der Waals surface area (Å²) in [7, 11) is -4.24. The average Bonchev–Trinajstić information content (AvgIpc) is 3.65. The second kappa shape index (κ2) is 11.3. The van der Waals surface area contributed by atoms with E-state index in [4.69, 9.17) is 10.5 Å². The van der Waals surface area contributed by atoms with Crippen LogP contribution in [0.1, 0.15) is 85.0 Å². The monoisotopic (exact) mass is 582 g/mol. The molecule has 2 aliphatic heterocycles. The van der Waals surface area contributed by atoms with E-state index in [-0.39, 0.29) is 12.3 Å². The van der Waals surface area contributed by atoms with Gasteiger partial charge in [0, 0.05) is 12.5 Å². The van der Waals surface area contributed by atoms with Crippen LogP contribution in [0.5, 0.6) is 0 Å². The van der Waals surface area contributed by atoms with Gasteiger partial charge < -0.3 is 26.0 Å². The van der Waals surface area contributed by atoms with Gasteiger partial charge >= 0.3 is 16.3 Å². The highest BCUT2D eigenvalue weighted by atomic mass is 32.2. The zero-order valence-electron chi connectivity index (χ0n) is 23.5. The molecule has 40 heavy (non-hydrogen) atoms. The Hall–Kier alpha value is -2.71. The summed E-state index contributed by atoms with van der Waals surface area (Å²) in [6.45, 7) is 5.52. The quantitative estimate of drug-likeness (QED) is 0.231. The smallest absolute Gasteiger partial charge is 0.408 e. The van der Waals surface area contributed by atoms with Gasteiger partial charge in [0.25, 0.3) is 5.91 Å². The van der Waals surface area contributed by atoms with E-state index >= 15 is 0 Å². The minimum Gasteiger partial charge on any atom is -0.444 e. The third kappa shape index (κ3) is 7.52. The largest absolute Gasteiger partial charge is 0.444 e. The molecule has 2 heterocycles. The van der Waals surface area contributed by atoms with E-state index in [9.17, 15) is 27.6 Å². The SMILES string of the molecule is CC(C)(C)OC(=O)N[C@H]1CCCCC/C=C\[C@@H]2C[C@@]2(C(=O)NS(=O)(=O)NC2(N)CC2)NC(=O)[C@@H]2CCCN2C1=O. The van der Waals surface area contributed by atoms with E-state index in [1.165, 1.54) is 4.90 Å². The minimum atomic E-state index is -4.24. The molecule has 4 atom stereocenters. The Morgan fingerprint density at radius 2 is 1.85 bits per heavy atom. The van der Waals surface area contributed by atoms with Crippen LogP contribution < -0.4 is 25.8 Å². The van der Waals surface area contributed by atoms with Gasteiger partial charge in [-0.05, 0) is 72.1 Å². The molecule has 4 aliphatic rings. The summed E-state index contributed by atoms with van der Waals surface area (Å²) in [6.07, 6.45) is 8.61. The molecule has 14 heteroatoms. The summed E-state index contributed by atoms with van der Waals surface area (Å²) < 4.78 is 34.8. The number of nitrogens with zero attached hydrogens (tertiary/aromatic N) is 1.